The summed E-state index contributed by atoms with van der Waals surface area (Å²) in [5.41, 5.74) is 4.25. The van der Waals surface area contributed by atoms with Crippen LogP contribution >= 0.6 is 0 Å². The first-order chi connectivity index (χ1) is 15.3. The van der Waals surface area contributed by atoms with Crippen LogP contribution in [0.2, 0.25) is 0 Å². The number of aromatic nitrogens is 1. The van der Waals surface area contributed by atoms with Gasteiger partial charge < -0.3 is 14.4 Å². The number of halogens is 3. The van der Waals surface area contributed by atoms with Gasteiger partial charge in [-0.3, -0.25) is 9.78 Å². The molecule has 0 N–H and O–H groups in total. The molecule has 1 fully saturated rings. The summed E-state index contributed by atoms with van der Waals surface area (Å²) < 4.78 is 46.4. The van der Waals surface area contributed by atoms with Crippen LogP contribution < -0.4 is 4.74 Å². The van der Waals surface area contributed by atoms with Gasteiger partial charge in [0.25, 0.3) is 0 Å². The number of rotatable bonds is 5. The fraction of sp³-hybridized carbons (Fsp3) is 0.250. The molecule has 1 atom stereocenters. The van der Waals surface area contributed by atoms with Crippen molar-refractivity contribution in [1.82, 2.24) is 9.88 Å². The third-order valence-electron chi connectivity index (χ3n) is 5.23. The number of morpholine rings is 1. The van der Waals surface area contributed by atoms with Crippen LogP contribution in [-0.2, 0) is 16.1 Å². The number of ether oxygens (including phenoxy) is 2. The van der Waals surface area contributed by atoms with Gasteiger partial charge in [-0.25, -0.2) is 0 Å². The monoisotopic (exact) mass is 442 g/mol. The van der Waals surface area contributed by atoms with Gasteiger partial charge in [0.15, 0.2) is 0 Å². The number of hydrogen-bond acceptors (Lipinski definition) is 4. The van der Waals surface area contributed by atoms with E-state index in [1.807, 2.05) is 37.3 Å². The lowest BCUT2D eigenvalue weighted by molar-refractivity contribution is -0.274. The number of nitrogens with zero attached hydrogens (tertiary/aromatic N) is 2. The number of pyridine rings is 1. The Kier molecular flexibility index (Phi) is 6.14. The highest BCUT2D eigenvalue weighted by atomic mass is 19.4. The second kappa shape index (κ2) is 9.00. The van der Waals surface area contributed by atoms with Gasteiger partial charge in [-0.2, -0.15) is 0 Å². The largest absolute Gasteiger partial charge is 0.573 e. The van der Waals surface area contributed by atoms with Crippen LogP contribution in [0.5, 0.6) is 5.75 Å². The van der Waals surface area contributed by atoms with Crippen LogP contribution in [0.1, 0.15) is 22.7 Å². The molecule has 8 heteroatoms. The summed E-state index contributed by atoms with van der Waals surface area (Å²) in [4.78, 5) is 18.8. The smallest absolute Gasteiger partial charge is 0.406 e. The van der Waals surface area contributed by atoms with E-state index in [4.69, 9.17) is 4.74 Å². The Balaban J connectivity index is 1.51. The zero-order chi connectivity index (χ0) is 22.7. The lowest BCUT2D eigenvalue weighted by Crippen LogP contribution is -2.43. The van der Waals surface area contributed by atoms with Gasteiger partial charge >= 0.3 is 6.36 Å². The minimum Gasteiger partial charge on any atom is -0.406 e. The van der Waals surface area contributed by atoms with E-state index in [9.17, 15) is 18.0 Å². The summed E-state index contributed by atoms with van der Waals surface area (Å²) in [5.74, 6) is -0.381. The molecule has 166 valence electrons. The van der Waals surface area contributed by atoms with Crippen molar-refractivity contribution in [3.8, 4) is 17.0 Å². The molecular formula is C24H21F3N2O3. The Morgan fingerprint density at radius 3 is 2.41 bits per heavy atom. The van der Waals surface area contributed by atoms with Gasteiger partial charge in [-0.15, -0.1) is 13.2 Å². The van der Waals surface area contributed by atoms with E-state index in [1.54, 1.807) is 17.2 Å². The number of carbonyl (C=O) groups is 1. The van der Waals surface area contributed by atoms with Gasteiger partial charge in [0.05, 0.1) is 18.3 Å². The van der Waals surface area contributed by atoms with Crippen molar-refractivity contribution in [2.75, 3.05) is 13.2 Å². The second-order valence-electron chi connectivity index (χ2n) is 7.59. The summed E-state index contributed by atoms with van der Waals surface area (Å²) in [6.45, 7) is 2.88. The molecule has 0 saturated carbocycles. The minimum absolute atomic E-state index is 0.0419. The summed E-state index contributed by atoms with van der Waals surface area (Å²) in [6.07, 6.45) is -3.06. The van der Waals surface area contributed by atoms with Crippen molar-refractivity contribution in [3.63, 3.8) is 0 Å². The molecule has 1 aliphatic heterocycles. The Labute approximate surface area is 183 Å². The quantitative estimate of drug-likeness (QED) is 0.555. The highest BCUT2D eigenvalue weighted by Crippen LogP contribution is 2.29. The van der Waals surface area contributed by atoms with Gasteiger partial charge in [-0.1, -0.05) is 35.9 Å². The van der Waals surface area contributed by atoms with E-state index in [0.717, 1.165) is 16.7 Å². The zero-order valence-corrected chi connectivity index (χ0v) is 17.3. The number of aryl methyl sites for hydroxylation is 1. The highest BCUT2D eigenvalue weighted by molar-refractivity contribution is 5.78. The average molecular weight is 442 g/mol. The summed E-state index contributed by atoms with van der Waals surface area (Å²) in [5, 5.41) is 0. The van der Waals surface area contributed by atoms with E-state index in [2.05, 4.69) is 9.72 Å². The van der Waals surface area contributed by atoms with Crippen molar-refractivity contribution in [3.05, 3.63) is 83.6 Å². The van der Waals surface area contributed by atoms with Crippen molar-refractivity contribution >= 4 is 5.91 Å². The van der Waals surface area contributed by atoms with Crippen LogP contribution in [-0.4, -0.2) is 35.4 Å². The average Bonchev–Trinajstić information content (AvgIpc) is 2.76. The van der Waals surface area contributed by atoms with E-state index < -0.39 is 6.36 Å². The van der Waals surface area contributed by atoms with Crippen molar-refractivity contribution < 1.29 is 27.4 Å². The standard InChI is InChI=1S/C24H21F3N2O3/c1-16-2-4-17(5-3-16)13-29-22(14-31-15-23(29)30)19-8-11-21(28-12-19)18-6-9-20(10-7-18)32-24(25,26)27/h2-12,22H,13-15H2,1H3. The predicted molar refractivity (Wildman–Crippen MR) is 112 cm³/mol. The maximum Gasteiger partial charge on any atom is 0.573 e. The number of benzene rings is 2. The minimum atomic E-state index is -4.73. The molecule has 5 nitrogen and oxygen atoms in total. The summed E-state index contributed by atoms with van der Waals surface area (Å²) >= 11 is 0. The third-order valence-corrected chi connectivity index (χ3v) is 5.23. The Bertz CT molecular complexity index is 1070. The molecular weight excluding hydrogens is 421 g/mol. The zero-order valence-electron chi connectivity index (χ0n) is 17.3. The number of hydrogen-bond donors (Lipinski definition) is 0. The molecule has 0 radical (unpaired) electrons. The molecule has 2 heterocycles. The molecule has 2 aromatic carbocycles. The molecule has 1 saturated heterocycles. The lowest BCUT2D eigenvalue weighted by Gasteiger charge is -2.35. The third kappa shape index (κ3) is 5.26. The number of carbonyl (C=O) groups excluding carboxylic acids is 1. The van der Waals surface area contributed by atoms with E-state index in [-0.39, 0.29) is 24.3 Å². The van der Waals surface area contributed by atoms with E-state index in [0.29, 0.717) is 24.4 Å². The van der Waals surface area contributed by atoms with Crippen LogP contribution in [0.25, 0.3) is 11.3 Å². The van der Waals surface area contributed by atoms with Gasteiger partial charge in [0, 0.05) is 18.3 Å². The first-order valence-electron chi connectivity index (χ1n) is 10.0. The topological polar surface area (TPSA) is 51.7 Å². The highest BCUT2D eigenvalue weighted by Gasteiger charge is 2.31. The van der Waals surface area contributed by atoms with Crippen molar-refractivity contribution in [1.29, 1.82) is 0 Å². The van der Waals surface area contributed by atoms with Crippen LogP contribution in [0.3, 0.4) is 0 Å². The fourth-order valence-corrected chi connectivity index (χ4v) is 3.57. The van der Waals surface area contributed by atoms with Crippen LogP contribution in [0, 0.1) is 6.92 Å². The molecule has 0 bridgehead atoms. The Morgan fingerprint density at radius 2 is 1.78 bits per heavy atom. The molecule has 0 spiro atoms. The van der Waals surface area contributed by atoms with E-state index >= 15 is 0 Å². The van der Waals surface area contributed by atoms with Gasteiger partial charge in [0.2, 0.25) is 5.91 Å². The molecule has 1 amide bonds. The Morgan fingerprint density at radius 1 is 1.06 bits per heavy atom. The van der Waals surface area contributed by atoms with Crippen LogP contribution in [0.4, 0.5) is 13.2 Å². The normalized spacial score (nSPS) is 16.8. The van der Waals surface area contributed by atoms with Gasteiger partial charge in [-0.05, 0) is 48.4 Å². The predicted octanol–water partition coefficient (Wildman–Crippen LogP) is 5.06. The van der Waals surface area contributed by atoms with Gasteiger partial charge in [0.1, 0.15) is 12.4 Å². The maximum atomic E-state index is 12.6. The molecule has 4 rings (SSSR count). The summed E-state index contributed by atoms with van der Waals surface area (Å²) in [6, 6.07) is 16.9. The molecule has 1 aromatic heterocycles. The van der Waals surface area contributed by atoms with Crippen molar-refractivity contribution in [2.24, 2.45) is 0 Å². The number of alkyl halides is 3. The maximum absolute atomic E-state index is 12.6. The molecule has 3 aromatic rings. The first-order valence-corrected chi connectivity index (χ1v) is 10.0. The lowest BCUT2D eigenvalue weighted by atomic mass is 10.0. The first kappa shape index (κ1) is 21.8. The fourth-order valence-electron chi connectivity index (χ4n) is 3.57. The van der Waals surface area contributed by atoms with Crippen LogP contribution in [0.15, 0.2) is 66.9 Å². The number of amides is 1. The second-order valence-corrected chi connectivity index (χ2v) is 7.59. The molecule has 1 unspecified atom stereocenters. The molecule has 32 heavy (non-hydrogen) atoms. The van der Waals surface area contributed by atoms with Crippen molar-refractivity contribution in [2.45, 2.75) is 25.9 Å². The van der Waals surface area contributed by atoms with E-state index in [1.165, 1.54) is 24.3 Å². The molecule has 0 aliphatic carbocycles. The Hall–Kier alpha value is -3.39. The summed E-state index contributed by atoms with van der Waals surface area (Å²) in [7, 11) is 0. The molecule has 1 aliphatic rings. The SMILES string of the molecule is Cc1ccc(CN2C(=O)COCC2c2ccc(-c3ccc(OC(F)(F)F)cc3)nc2)cc1.